The first kappa shape index (κ1) is 34.3. The Morgan fingerprint density at radius 1 is 0.955 bits per heavy atom. The Hall–Kier alpha value is -1.03. The average molecular weight is 620 g/mol. The number of aliphatic hydroxyl groups is 5. The molecule has 4 saturated carbocycles. The second-order valence-electron chi connectivity index (χ2n) is 16.9. The maximum Gasteiger partial charge on any atom is 0.310 e. The zero-order valence-corrected chi connectivity index (χ0v) is 28.1. The molecule has 0 aromatic heterocycles. The molecule has 0 aromatic rings. The van der Waals surface area contributed by atoms with Crippen molar-refractivity contribution < 1.29 is 35.4 Å². The summed E-state index contributed by atoms with van der Waals surface area (Å²) in [7, 11) is 0. The van der Waals surface area contributed by atoms with Crippen LogP contribution in [0, 0.1) is 56.7 Å². The Bertz CT molecular complexity index is 1110. The normalized spacial score (nSPS) is 51.9. The maximum atomic E-state index is 12.8. The predicted molar refractivity (Wildman–Crippen MR) is 170 cm³/mol. The number of carbonyl (C=O) groups is 1. The van der Waals surface area contributed by atoms with Gasteiger partial charge in [-0.3, -0.25) is 4.79 Å². The molecule has 0 amide bonds. The molecule has 1 aliphatic heterocycles. The van der Waals surface area contributed by atoms with E-state index < -0.39 is 40.5 Å². The summed E-state index contributed by atoms with van der Waals surface area (Å²) in [5.74, 6) is -0.0914. The Kier molecular flexibility index (Phi) is 9.27. The monoisotopic (exact) mass is 619 g/mol. The Labute approximate surface area is 264 Å². The summed E-state index contributed by atoms with van der Waals surface area (Å²) in [6.07, 6.45) is 7.08. The van der Waals surface area contributed by atoms with E-state index in [1.54, 1.807) is 0 Å². The van der Waals surface area contributed by atoms with Gasteiger partial charge in [0, 0.05) is 17.9 Å². The van der Waals surface area contributed by atoms with Gasteiger partial charge in [-0.2, -0.15) is 0 Å². The second-order valence-corrected chi connectivity index (χ2v) is 16.9. The van der Waals surface area contributed by atoms with Gasteiger partial charge in [0.2, 0.25) is 0 Å². The molecule has 6 N–H and O–H groups in total. The molecule has 5 fully saturated rings. The molecule has 3 unspecified atom stereocenters. The van der Waals surface area contributed by atoms with Crippen LogP contribution in [-0.4, -0.2) is 92.7 Å². The van der Waals surface area contributed by atoms with Crippen molar-refractivity contribution in [2.45, 2.75) is 118 Å². The minimum absolute atomic E-state index is 0.000534. The van der Waals surface area contributed by atoms with E-state index >= 15 is 0 Å². The minimum Gasteiger partial charge on any atom is -0.481 e. The summed E-state index contributed by atoms with van der Waals surface area (Å²) in [5.41, 5.74) is -1.41. The van der Waals surface area contributed by atoms with Crippen LogP contribution in [0.5, 0.6) is 0 Å². The summed E-state index contributed by atoms with van der Waals surface area (Å²) < 4.78 is 0. The number of aliphatic carboxylic acids is 1. The largest absolute Gasteiger partial charge is 0.481 e. The Morgan fingerprint density at radius 2 is 1.61 bits per heavy atom. The molecule has 0 spiro atoms. The molecular weight excluding hydrogens is 558 g/mol. The van der Waals surface area contributed by atoms with Gasteiger partial charge < -0.3 is 35.5 Å². The van der Waals surface area contributed by atoms with Crippen molar-refractivity contribution in [1.29, 1.82) is 0 Å². The van der Waals surface area contributed by atoms with Crippen molar-refractivity contribution in [2.24, 2.45) is 56.7 Å². The highest BCUT2D eigenvalue weighted by Crippen LogP contribution is 2.75. The number of nitrogens with zero attached hydrogens (tertiary/aromatic N) is 1. The van der Waals surface area contributed by atoms with E-state index in [-0.39, 0.29) is 41.1 Å². The molecule has 1 saturated heterocycles. The molecule has 13 atom stereocenters. The standard InChI is InChI=1S/C30H48O6.C6H13NO/c1-16-9-10-30(25(35)36)12-11-28(5)18(22(30)17(16)2)7-8-21-26(3)13-20(33)24(34)27(4,15-31)23(26)19(32)14-29(21,28)6;8-6-5-7-3-1-2-4-7/h7,16-17,19-24,31-34H,8-15H2,1-6H3,(H,35,36);8H,1-6H2/t16-,17+,19-,20-,21?,22?,23?,24+,26-,27+,28-,29-,30+;/m1./s1. The summed E-state index contributed by atoms with van der Waals surface area (Å²) in [4.78, 5) is 15.1. The fourth-order valence-corrected chi connectivity index (χ4v) is 12.3. The van der Waals surface area contributed by atoms with Crippen LogP contribution in [0.1, 0.15) is 99.3 Å². The number of hydrogen-bond donors (Lipinski definition) is 6. The van der Waals surface area contributed by atoms with Crippen LogP contribution in [0.4, 0.5) is 0 Å². The number of aliphatic hydroxyl groups excluding tert-OH is 5. The zero-order valence-electron chi connectivity index (χ0n) is 28.1. The third kappa shape index (κ3) is 4.78. The predicted octanol–water partition coefficient (Wildman–Crippen LogP) is 4.08. The molecule has 1 heterocycles. The summed E-state index contributed by atoms with van der Waals surface area (Å²) in [6, 6.07) is 0. The van der Waals surface area contributed by atoms with Gasteiger partial charge in [-0.05, 0) is 111 Å². The van der Waals surface area contributed by atoms with Gasteiger partial charge in [0.15, 0.2) is 0 Å². The van der Waals surface area contributed by atoms with E-state index in [9.17, 15) is 30.3 Å². The van der Waals surface area contributed by atoms with E-state index in [4.69, 9.17) is 5.11 Å². The third-order valence-corrected chi connectivity index (χ3v) is 15.0. The SMILES string of the molecule is C[C@@H]1CC[C@]2(C(=O)O)CC[C@]3(C)C(=CCC4[C@@]5(C)C[C@@H](O)[C@H](O)[C@@](C)(CO)C5[C@H](O)C[C@]43C)C2[C@H]1C.OCCN1CCCC1. The summed E-state index contributed by atoms with van der Waals surface area (Å²) >= 11 is 0. The van der Waals surface area contributed by atoms with Gasteiger partial charge in [-0.15, -0.1) is 0 Å². The van der Waals surface area contributed by atoms with Crippen LogP contribution < -0.4 is 0 Å². The van der Waals surface area contributed by atoms with Crippen LogP contribution in [0.2, 0.25) is 0 Å². The van der Waals surface area contributed by atoms with Crippen LogP contribution in [0.15, 0.2) is 11.6 Å². The molecular formula is C36H61NO7. The average Bonchev–Trinajstić information content (AvgIpc) is 3.47. The molecule has 6 aliphatic rings. The zero-order chi connectivity index (χ0) is 32.5. The maximum absolute atomic E-state index is 12.8. The highest BCUT2D eigenvalue weighted by atomic mass is 16.4. The van der Waals surface area contributed by atoms with Gasteiger partial charge in [0.1, 0.15) is 0 Å². The van der Waals surface area contributed by atoms with Gasteiger partial charge in [-0.25, -0.2) is 0 Å². The lowest BCUT2D eigenvalue weighted by atomic mass is 9.32. The van der Waals surface area contributed by atoms with Gasteiger partial charge in [-0.1, -0.05) is 53.2 Å². The first-order valence-electron chi connectivity index (χ1n) is 17.5. The van der Waals surface area contributed by atoms with Crippen LogP contribution in [-0.2, 0) is 4.79 Å². The fourth-order valence-electron chi connectivity index (χ4n) is 12.3. The highest BCUT2D eigenvalue weighted by molar-refractivity contribution is 5.76. The smallest absolute Gasteiger partial charge is 0.310 e. The molecule has 0 aromatic carbocycles. The van der Waals surface area contributed by atoms with E-state index in [2.05, 4.69) is 45.6 Å². The lowest BCUT2D eigenvalue weighted by molar-refractivity contribution is -0.273. The topological polar surface area (TPSA) is 142 Å². The van der Waals surface area contributed by atoms with Crippen molar-refractivity contribution in [3.05, 3.63) is 11.6 Å². The van der Waals surface area contributed by atoms with E-state index in [1.165, 1.54) is 31.5 Å². The molecule has 44 heavy (non-hydrogen) atoms. The minimum atomic E-state index is -1.08. The number of β-amino-alcohol motifs (C(OH)–C–C–N with tert-alkyl or cyclic N) is 1. The number of hydrogen-bond acceptors (Lipinski definition) is 7. The number of rotatable bonds is 4. The van der Waals surface area contributed by atoms with Gasteiger partial charge in [0.25, 0.3) is 0 Å². The molecule has 252 valence electrons. The second kappa shape index (κ2) is 11.9. The third-order valence-electron chi connectivity index (χ3n) is 15.0. The van der Waals surface area contributed by atoms with Crippen molar-refractivity contribution in [3.8, 4) is 0 Å². The molecule has 6 rings (SSSR count). The van der Waals surface area contributed by atoms with Crippen LogP contribution in [0.3, 0.4) is 0 Å². The molecule has 8 heteroatoms. The lowest BCUT2D eigenvalue weighted by Gasteiger charge is -2.72. The number of likely N-dealkylation sites (tertiary alicyclic amines) is 1. The fraction of sp³-hybridized carbons (Fsp3) is 0.917. The summed E-state index contributed by atoms with van der Waals surface area (Å²) in [5, 5.41) is 63.2. The van der Waals surface area contributed by atoms with Crippen LogP contribution in [0.25, 0.3) is 0 Å². The van der Waals surface area contributed by atoms with Crippen molar-refractivity contribution in [3.63, 3.8) is 0 Å². The first-order chi connectivity index (χ1) is 20.6. The number of carboxylic acids is 1. The first-order valence-corrected chi connectivity index (χ1v) is 17.5. The van der Waals surface area contributed by atoms with E-state index in [0.29, 0.717) is 31.8 Å². The van der Waals surface area contributed by atoms with Crippen molar-refractivity contribution >= 4 is 5.97 Å². The van der Waals surface area contributed by atoms with E-state index in [1.807, 2.05) is 6.92 Å². The lowest BCUT2D eigenvalue weighted by Crippen LogP contribution is -2.71. The van der Waals surface area contributed by atoms with Gasteiger partial charge >= 0.3 is 5.97 Å². The Morgan fingerprint density at radius 3 is 2.20 bits per heavy atom. The highest BCUT2D eigenvalue weighted by Gasteiger charge is 2.72. The summed E-state index contributed by atoms with van der Waals surface area (Å²) in [6.45, 7) is 16.4. The molecule has 8 nitrogen and oxygen atoms in total. The van der Waals surface area contributed by atoms with Gasteiger partial charge in [0.05, 0.1) is 36.9 Å². The van der Waals surface area contributed by atoms with E-state index in [0.717, 1.165) is 32.2 Å². The van der Waals surface area contributed by atoms with Crippen molar-refractivity contribution in [2.75, 3.05) is 32.8 Å². The number of allylic oxidation sites excluding steroid dienone is 2. The number of carboxylic acid groups (broad SMARTS) is 1. The quantitative estimate of drug-likeness (QED) is 0.259. The molecule has 0 bridgehead atoms. The molecule has 5 aliphatic carbocycles. The van der Waals surface area contributed by atoms with Crippen LogP contribution >= 0.6 is 0 Å². The molecule has 0 radical (unpaired) electrons. The number of fused-ring (bicyclic) bond motifs is 7. The van der Waals surface area contributed by atoms with Crippen molar-refractivity contribution in [1.82, 2.24) is 4.90 Å². The Balaban J connectivity index is 0.000000418.